The summed E-state index contributed by atoms with van der Waals surface area (Å²) in [6.07, 6.45) is -8.62. The Hall–Kier alpha value is -1.02. The highest BCUT2D eigenvalue weighted by Crippen LogP contribution is 2.38. The normalized spacial score (nSPS) is 15.1. The third-order valence-corrected chi connectivity index (χ3v) is 2.92. The van der Waals surface area contributed by atoms with E-state index in [9.17, 15) is 28.2 Å². The number of halogens is 5. The molecule has 2 atom stereocenters. The lowest BCUT2D eigenvalue weighted by Crippen LogP contribution is -2.34. The van der Waals surface area contributed by atoms with Gasteiger partial charge in [0.2, 0.25) is 5.91 Å². The number of carbonyl (C=O) groups is 1. The molecule has 0 bridgehead atoms. The fraction of sp³-hybridized carbons (Fsp3) is 0.300. The van der Waals surface area contributed by atoms with Gasteiger partial charge in [-0.15, -0.1) is 0 Å². The minimum absolute atomic E-state index is 0.400. The third kappa shape index (κ3) is 3.50. The molecule has 1 aromatic rings. The summed E-state index contributed by atoms with van der Waals surface area (Å²) in [7, 11) is 0. The molecule has 0 aliphatic carbocycles. The number of amides is 1. The lowest BCUT2D eigenvalue weighted by molar-refractivity contribution is -0.137. The molecule has 4 nitrogen and oxygen atoms in total. The van der Waals surface area contributed by atoms with Crippen molar-refractivity contribution in [2.24, 2.45) is 5.73 Å². The van der Waals surface area contributed by atoms with Gasteiger partial charge in [0.05, 0.1) is 5.56 Å². The first kappa shape index (κ1) is 16.0. The molecule has 0 radical (unpaired) electrons. The topological polar surface area (TPSA) is 83.6 Å². The molecule has 0 spiro atoms. The molecular formula is C10H8Cl2F3NO3. The summed E-state index contributed by atoms with van der Waals surface area (Å²) in [4.78, 5) is 10.7. The molecule has 4 N–H and O–H groups in total. The first-order valence-electron chi connectivity index (χ1n) is 4.77. The molecule has 0 aromatic heterocycles. The summed E-state index contributed by atoms with van der Waals surface area (Å²) in [5.41, 5.74) is 3.24. The molecular weight excluding hydrogens is 310 g/mol. The van der Waals surface area contributed by atoms with Gasteiger partial charge in [-0.05, 0) is 12.1 Å². The second-order valence-corrected chi connectivity index (χ2v) is 4.46. The van der Waals surface area contributed by atoms with Crippen molar-refractivity contribution in [1.82, 2.24) is 0 Å². The highest BCUT2D eigenvalue weighted by atomic mass is 35.5. The van der Waals surface area contributed by atoms with Crippen LogP contribution in [0.1, 0.15) is 17.2 Å². The zero-order chi connectivity index (χ0) is 15.0. The van der Waals surface area contributed by atoms with Gasteiger partial charge in [-0.3, -0.25) is 4.79 Å². The van der Waals surface area contributed by atoms with Crippen LogP contribution in [0, 0.1) is 0 Å². The summed E-state index contributed by atoms with van der Waals surface area (Å²) >= 11 is 11.2. The number of hydrogen-bond donors (Lipinski definition) is 3. The molecule has 9 heteroatoms. The molecule has 0 fully saturated rings. The first-order valence-corrected chi connectivity index (χ1v) is 5.53. The predicted molar refractivity (Wildman–Crippen MR) is 61.6 cm³/mol. The first-order chi connectivity index (χ1) is 8.55. The van der Waals surface area contributed by atoms with Crippen molar-refractivity contribution in [1.29, 1.82) is 0 Å². The Morgan fingerprint density at radius 3 is 1.95 bits per heavy atom. The Labute approximate surface area is 115 Å². The molecule has 0 aliphatic rings. The number of aliphatic hydroxyl groups is 2. The van der Waals surface area contributed by atoms with E-state index in [-0.39, 0.29) is 0 Å². The van der Waals surface area contributed by atoms with Crippen LogP contribution in [0.5, 0.6) is 0 Å². The third-order valence-electron chi connectivity index (χ3n) is 2.29. The number of nitrogens with two attached hydrogens (primary N) is 1. The maximum atomic E-state index is 12.5. The zero-order valence-electron chi connectivity index (χ0n) is 9.08. The number of benzene rings is 1. The number of carbonyl (C=O) groups excluding carboxylic acids is 1. The van der Waals surface area contributed by atoms with Crippen molar-refractivity contribution >= 4 is 29.1 Å². The van der Waals surface area contributed by atoms with Gasteiger partial charge in [-0.25, -0.2) is 0 Å². The molecule has 1 aromatic carbocycles. The van der Waals surface area contributed by atoms with Crippen molar-refractivity contribution in [3.8, 4) is 0 Å². The summed E-state index contributed by atoms with van der Waals surface area (Å²) in [5.74, 6) is -1.26. The van der Waals surface area contributed by atoms with Crippen molar-refractivity contribution in [2.75, 3.05) is 0 Å². The quantitative estimate of drug-likeness (QED) is 0.796. The average Bonchev–Trinajstić information content (AvgIpc) is 2.25. The van der Waals surface area contributed by atoms with E-state index in [0.29, 0.717) is 12.1 Å². The van der Waals surface area contributed by atoms with Gasteiger partial charge >= 0.3 is 6.18 Å². The van der Waals surface area contributed by atoms with E-state index in [2.05, 4.69) is 0 Å². The highest BCUT2D eigenvalue weighted by molar-refractivity contribution is 6.36. The summed E-state index contributed by atoms with van der Waals surface area (Å²) in [6, 6.07) is 1.05. The largest absolute Gasteiger partial charge is 0.416 e. The second kappa shape index (κ2) is 5.54. The van der Waals surface area contributed by atoms with Gasteiger partial charge in [0.1, 0.15) is 6.10 Å². The van der Waals surface area contributed by atoms with Crippen LogP contribution in [0.25, 0.3) is 0 Å². The number of alkyl halides is 3. The van der Waals surface area contributed by atoms with Crippen molar-refractivity contribution in [3.63, 3.8) is 0 Å². The molecule has 106 valence electrons. The van der Waals surface area contributed by atoms with E-state index in [1.165, 1.54) is 0 Å². The Balaban J connectivity index is 3.28. The predicted octanol–water partition coefficient (Wildman–Crippen LogP) is 1.89. The number of aliphatic hydroxyl groups excluding tert-OH is 2. The second-order valence-electron chi connectivity index (χ2n) is 3.64. The van der Waals surface area contributed by atoms with Gasteiger partial charge < -0.3 is 15.9 Å². The standard InChI is InChI=1S/C10H8Cl2F3NO3/c11-4-1-3(10(13,14)15)2-5(12)6(4)7(17)8(18)9(16)19/h1-2,7-8,17-18H,(H2,16,19). The van der Waals surface area contributed by atoms with Gasteiger partial charge in [-0.1, -0.05) is 23.2 Å². The van der Waals surface area contributed by atoms with Crippen LogP contribution in [0.3, 0.4) is 0 Å². The van der Waals surface area contributed by atoms with Crippen LogP contribution in [0.15, 0.2) is 12.1 Å². The molecule has 1 amide bonds. The van der Waals surface area contributed by atoms with Gasteiger partial charge in [0.15, 0.2) is 6.10 Å². The maximum absolute atomic E-state index is 12.5. The van der Waals surface area contributed by atoms with E-state index in [1.54, 1.807) is 0 Å². The Kier molecular flexibility index (Phi) is 4.67. The van der Waals surface area contributed by atoms with E-state index < -0.39 is 45.5 Å². The molecule has 0 saturated carbocycles. The van der Waals surface area contributed by atoms with Gasteiger partial charge in [0, 0.05) is 15.6 Å². The molecule has 19 heavy (non-hydrogen) atoms. The molecule has 0 heterocycles. The molecule has 0 saturated heterocycles. The fourth-order valence-corrected chi connectivity index (χ4v) is 2.05. The minimum Gasteiger partial charge on any atom is -0.385 e. The van der Waals surface area contributed by atoms with E-state index >= 15 is 0 Å². The number of primary amides is 1. The van der Waals surface area contributed by atoms with Gasteiger partial charge in [0.25, 0.3) is 0 Å². The zero-order valence-corrected chi connectivity index (χ0v) is 10.6. The average molecular weight is 318 g/mol. The van der Waals surface area contributed by atoms with Crippen LogP contribution in [0.2, 0.25) is 10.0 Å². The van der Waals surface area contributed by atoms with Crippen LogP contribution in [0.4, 0.5) is 13.2 Å². The fourth-order valence-electron chi connectivity index (χ4n) is 1.34. The number of hydrogen-bond acceptors (Lipinski definition) is 3. The Bertz CT molecular complexity index is 484. The highest BCUT2D eigenvalue weighted by Gasteiger charge is 2.34. The summed E-state index contributed by atoms with van der Waals surface area (Å²) in [6.45, 7) is 0. The SMILES string of the molecule is NC(=O)C(O)C(O)c1c(Cl)cc(C(F)(F)F)cc1Cl. The van der Waals surface area contributed by atoms with Crippen LogP contribution >= 0.6 is 23.2 Å². The molecule has 1 rings (SSSR count). The van der Waals surface area contributed by atoms with Gasteiger partial charge in [-0.2, -0.15) is 13.2 Å². The smallest absolute Gasteiger partial charge is 0.385 e. The maximum Gasteiger partial charge on any atom is 0.416 e. The van der Waals surface area contributed by atoms with Crippen LogP contribution in [-0.2, 0) is 11.0 Å². The lowest BCUT2D eigenvalue weighted by Gasteiger charge is -2.19. The molecule has 2 unspecified atom stereocenters. The Morgan fingerprint density at radius 2 is 1.63 bits per heavy atom. The van der Waals surface area contributed by atoms with Crippen molar-refractivity contribution < 1.29 is 28.2 Å². The lowest BCUT2D eigenvalue weighted by atomic mass is 10.0. The summed E-state index contributed by atoms with van der Waals surface area (Å²) in [5, 5.41) is 17.8. The van der Waals surface area contributed by atoms with E-state index in [0.717, 1.165) is 0 Å². The summed E-state index contributed by atoms with van der Waals surface area (Å²) < 4.78 is 37.4. The monoisotopic (exact) mass is 317 g/mol. The van der Waals surface area contributed by atoms with Crippen molar-refractivity contribution in [3.05, 3.63) is 33.3 Å². The minimum atomic E-state index is -4.67. The van der Waals surface area contributed by atoms with Crippen LogP contribution < -0.4 is 5.73 Å². The van der Waals surface area contributed by atoms with E-state index in [4.69, 9.17) is 28.9 Å². The van der Waals surface area contributed by atoms with Crippen LogP contribution in [-0.4, -0.2) is 22.2 Å². The van der Waals surface area contributed by atoms with E-state index in [1.807, 2.05) is 0 Å². The molecule has 0 aliphatic heterocycles. The van der Waals surface area contributed by atoms with Crippen molar-refractivity contribution in [2.45, 2.75) is 18.4 Å². The number of rotatable bonds is 3. The Morgan fingerprint density at radius 1 is 1.21 bits per heavy atom.